The predicted octanol–water partition coefficient (Wildman–Crippen LogP) is 26.2. The van der Waals surface area contributed by atoms with E-state index < -0.39 is 49.9 Å². The number of esters is 6. The lowest BCUT2D eigenvalue weighted by Crippen LogP contribution is -2.54. The Bertz CT molecular complexity index is 2600. The average Bonchev–Trinajstić information content (AvgIpc) is 0.811. The number of rotatable bonds is 24. The van der Waals surface area contributed by atoms with E-state index in [2.05, 4.69) is 286 Å². The molecule has 0 bridgehead atoms. The summed E-state index contributed by atoms with van der Waals surface area (Å²) >= 11 is 0. The van der Waals surface area contributed by atoms with Crippen molar-refractivity contribution < 1.29 is 83.7 Å². The maximum atomic E-state index is 12.1. The third kappa shape index (κ3) is 31.6. The molecule has 0 radical (unpaired) electrons. The quantitative estimate of drug-likeness (QED) is 0.0499. The van der Waals surface area contributed by atoms with E-state index in [1.165, 1.54) is 0 Å². The Kier molecular flexibility index (Phi) is 44.8. The van der Waals surface area contributed by atoms with Crippen LogP contribution in [0.2, 0.25) is 109 Å². The zero-order valence-corrected chi connectivity index (χ0v) is 92.7. The second-order valence-corrected chi connectivity index (χ2v) is 75.1. The van der Waals surface area contributed by atoms with Gasteiger partial charge >= 0.3 is 35.8 Å². The average molecular weight is 1800 g/mol. The van der Waals surface area contributed by atoms with Crippen molar-refractivity contribution in [2.24, 2.45) is 71.0 Å². The molecule has 0 spiro atoms. The van der Waals surface area contributed by atoms with Gasteiger partial charge in [0.1, 0.15) is 36.6 Å². The normalized spacial score (nSPS) is 32.1. The Morgan fingerprint density at radius 2 is 0.300 bits per heavy atom. The predicted molar refractivity (Wildman–Crippen MR) is 511 cm³/mol. The number of hydrogen-bond donors (Lipinski definition) is 0. The van der Waals surface area contributed by atoms with Gasteiger partial charge in [0.2, 0.25) is 0 Å². The van der Waals surface area contributed by atoms with Gasteiger partial charge in [0.05, 0.1) is 72.1 Å². The van der Waals surface area contributed by atoms with Crippen LogP contribution in [0.5, 0.6) is 0 Å². The number of hydrogen-bond acceptors (Lipinski definition) is 18. The van der Waals surface area contributed by atoms with Gasteiger partial charge in [-0.05, 0) is 189 Å². The van der Waals surface area contributed by atoms with Crippen molar-refractivity contribution in [2.45, 2.75) is 508 Å². The van der Waals surface area contributed by atoms with Gasteiger partial charge in [-0.1, -0.05) is 246 Å². The monoisotopic (exact) mass is 1800 g/mol. The molecule has 708 valence electrons. The Morgan fingerprint density at radius 3 is 0.375 bits per heavy atom. The molecule has 6 rings (SSSR count). The van der Waals surface area contributed by atoms with Crippen molar-refractivity contribution in [1.29, 1.82) is 0 Å². The molecule has 0 aromatic heterocycles. The van der Waals surface area contributed by atoms with Gasteiger partial charge in [0.25, 0.3) is 0 Å². The highest BCUT2D eigenvalue weighted by molar-refractivity contribution is 6.76. The first-order valence-corrected chi connectivity index (χ1v) is 64.8. The van der Waals surface area contributed by atoms with Crippen LogP contribution in [-0.2, 0) is 83.7 Å². The highest BCUT2D eigenvalue weighted by Crippen LogP contribution is 2.49. The van der Waals surface area contributed by atoms with E-state index in [0.29, 0.717) is 0 Å². The Labute approximate surface area is 744 Å². The molecule has 0 aliphatic carbocycles. The molecule has 6 aliphatic heterocycles. The Morgan fingerprint density at radius 1 is 0.208 bits per heavy atom. The van der Waals surface area contributed by atoms with Gasteiger partial charge in [0, 0.05) is 35.5 Å². The van der Waals surface area contributed by atoms with E-state index in [-0.39, 0.29) is 210 Å². The molecule has 6 aliphatic rings. The molecular formula is C96H192O18Si6. The van der Waals surface area contributed by atoms with Crippen LogP contribution in [0.3, 0.4) is 0 Å². The molecule has 18 nitrogen and oxygen atoms in total. The largest absolute Gasteiger partial charge is 0.462 e. The summed E-state index contributed by atoms with van der Waals surface area (Å²) in [5.41, 5.74) is 0. The van der Waals surface area contributed by atoms with Crippen LogP contribution >= 0.6 is 0 Å². The first-order valence-electron chi connectivity index (χ1n) is 47.4. The summed E-state index contributed by atoms with van der Waals surface area (Å²) in [6, 6.07) is 0. The molecule has 0 aromatic carbocycles. The lowest BCUT2D eigenvalue weighted by molar-refractivity contribution is -0.177. The Hall–Kier alpha value is -2.12. The van der Waals surface area contributed by atoms with Crippen molar-refractivity contribution in [1.82, 2.24) is 0 Å². The van der Waals surface area contributed by atoms with Crippen molar-refractivity contribution in [3.8, 4) is 0 Å². The van der Waals surface area contributed by atoms with E-state index in [1.54, 1.807) is 0 Å². The van der Waals surface area contributed by atoms with Crippen LogP contribution in [0.25, 0.3) is 0 Å². The van der Waals surface area contributed by atoms with E-state index in [9.17, 15) is 28.8 Å². The van der Waals surface area contributed by atoms with Gasteiger partial charge in [-0.15, -0.1) is 0 Å². The first-order chi connectivity index (χ1) is 54.1. The fourth-order valence-electron chi connectivity index (χ4n) is 15.0. The molecule has 6 heterocycles. The van der Waals surface area contributed by atoms with Crippen LogP contribution in [0.15, 0.2) is 0 Å². The van der Waals surface area contributed by atoms with Crippen LogP contribution in [-0.4, -0.2) is 159 Å². The summed E-state index contributed by atoms with van der Waals surface area (Å²) in [5, 5.41) is 0.965. The highest BCUT2D eigenvalue weighted by Gasteiger charge is 2.55. The van der Waals surface area contributed by atoms with Crippen LogP contribution < -0.4 is 0 Å². The smallest absolute Gasteiger partial charge is 0.311 e. The van der Waals surface area contributed by atoms with Crippen molar-refractivity contribution >= 4 is 85.7 Å². The van der Waals surface area contributed by atoms with Gasteiger partial charge < -0.3 is 55.0 Å². The van der Waals surface area contributed by atoms with Crippen molar-refractivity contribution in [2.75, 3.05) is 0 Å². The maximum absolute atomic E-state index is 12.1. The lowest BCUT2D eigenvalue weighted by Gasteiger charge is -2.46. The topological polar surface area (TPSA) is 213 Å². The summed E-state index contributed by atoms with van der Waals surface area (Å²) in [4.78, 5) is 72.5. The highest BCUT2D eigenvalue weighted by atomic mass is 28.4. The fraction of sp³-hybridized carbons (Fsp3) is 0.938. The second kappa shape index (κ2) is 46.4. The van der Waals surface area contributed by atoms with Gasteiger partial charge in [-0.3, -0.25) is 28.8 Å². The minimum absolute atomic E-state index is 0.00584. The van der Waals surface area contributed by atoms with Gasteiger partial charge in [0.15, 0.2) is 49.9 Å². The molecule has 0 amide bonds. The molecule has 0 aromatic rings. The number of carbonyl (C=O) groups is 6. The molecule has 0 N–H and O–H groups in total. The summed E-state index contributed by atoms with van der Waals surface area (Å²) in [5.74, 6) is 0.135. The molecule has 0 unspecified atom stereocenters. The van der Waals surface area contributed by atoms with Crippen LogP contribution in [0.1, 0.15) is 326 Å². The van der Waals surface area contributed by atoms with Crippen molar-refractivity contribution in [3.63, 3.8) is 0 Å². The maximum Gasteiger partial charge on any atom is 0.311 e. The van der Waals surface area contributed by atoms with Gasteiger partial charge in [-0.2, -0.15) is 0 Å². The summed E-state index contributed by atoms with van der Waals surface area (Å²) in [6.45, 7) is 105. The molecule has 6 saturated heterocycles. The van der Waals surface area contributed by atoms with E-state index >= 15 is 0 Å². The summed E-state index contributed by atoms with van der Waals surface area (Å²) < 4.78 is 72.8. The fourth-order valence-corrected chi connectivity index (χ4v) is 23.7. The van der Waals surface area contributed by atoms with Crippen LogP contribution in [0.4, 0.5) is 0 Å². The molecular weight excluding hydrogens is 1610 g/mol. The van der Waals surface area contributed by atoms with Crippen LogP contribution in [0, 0.1) is 71.0 Å². The third-order valence-corrected chi connectivity index (χ3v) is 57.1. The summed E-state index contributed by atoms with van der Waals surface area (Å²) in [6.07, 6.45) is 11.8. The SMILES string of the molecule is CCC[C@@H]1OC(=O)[C@H](C)[C@H](O[Si](C)(C)C(C)(C)C)[C@@H]1C.CCC[C@@H]1OC(=O)[C@H](C)[C@H](O[Si](C)(C)C(C)(C)C)[C@H]1C.CCC[C@@H]1OC(=O)[C@H](C)[C@H](O[Si](C)(C)C(C)(C)C)[C@H]1C.CCC[C@H]1OC(=O)[C@@H](C)[C@@H](O[Si](C)(C)C(C)(C)C)[C@@H]1C.CCC[C@H]1OC(=O)[C@@H](C)[C@@H](O[Si](C)(C)C(C)(C)C)[C@@H]1C.CCC[C@H]1OC(=O)[C@@H](C)[C@@H](O[Si](C)(C)C(C)(C)C)[C@H]1C. The van der Waals surface area contributed by atoms with E-state index in [1.807, 2.05) is 41.5 Å². The van der Waals surface area contributed by atoms with Crippen molar-refractivity contribution in [3.05, 3.63) is 0 Å². The van der Waals surface area contributed by atoms with Gasteiger partial charge in [-0.25, -0.2) is 0 Å². The molecule has 24 heteroatoms. The lowest BCUT2D eigenvalue weighted by atomic mass is 9.85. The zero-order valence-electron chi connectivity index (χ0n) is 86.7. The standard InChI is InChI=1S/6C16H32O3Si/c6*1-9-10-13-11(2)14(12(3)15(17)18-13)19-20(7,8)16(4,5)6/h6*11-14H,9-10H2,1-8H3/t4*11-,12+,13-,14+;2*11-,12-,13+,14-/m110010/s1. The molecule has 24 atom stereocenters. The summed E-state index contributed by atoms with van der Waals surface area (Å²) in [7, 11) is -11.2. The number of carbonyl (C=O) groups excluding carboxylic acids is 6. The van der Waals surface area contributed by atoms with E-state index in [4.69, 9.17) is 55.0 Å². The minimum atomic E-state index is -1.87. The number of cyclic esters (lactones) is 6. The van der Waals surface area contributed by atoms with E-state index in [0.717, 1.165) is 77.0 Å². The minimum Gasteiger partial charge on any atom is -0.462 e. The Balaban J connectivity index is 0.000000720. The molecule has 120 heavy (non-hydrogen) atoms. The second-order valence-electron chi connectivity index (χ2n) is 46.5. The third-order valence-electron chi connectivity index (χ3n) is 30.3. The first kappa shape index (κ1) is 116. The molecule has 6 fully saturated rings. The zero-order chi connectivity index (χ0) is 94.3. The number of ether oxygens (including phenoxy) is 6. The molecule has 0 saturated carbocycles.